The van der Waals surface area contributed by atoms with Gasteiger partial charge in [0.15, 0.2) is 0 Å². The van der Waals surface area contributed by atoms with Crippen molar-refractivity contribution < 1.29 is 14.6 Å². The van der Waals surface area contributed by atoms with Crippen LogP contribution in [0.2, 0.25) is 0 Å². The average Bonchev–Trinajstić information content (AvgIpc) is 2.23. The molecule has 86 valence electrons. The normalized spacial score (nSPS) is 31.7. The molecule has 1 aliphatic rings. The van der Waals surface area contributed by atoms with E-state index >= 15 is 0 Å². The van der Waals surface area contributed by atoms with Crippen LogP contribution in [-0.2, 0) is 9.47 Å². The minimum absolute atomic E-state index is 0.0728. The zero-order valence-electron chi connectivity index (χ0n) is 8.64. The summed E-state index contributed by atoms with van der Waals surface area (Å²) in [6.07, 6.45) is 5.80. The van der Waals surface area contributed by atoms with Gasteiger partial charge in [-0.3, -0.25) is 0 Å². The maximum Gasteiger partial charge on any atom is 0.101 e. The Morgan fingerprint density at radius 3 is 2.87 bits per heavy atom. The van der Waals surface area contributed by atoms with Gasteiger partial charge in [-0.1, -0.05) is 6.08 Å². The van der Waals surface area contributed by atoms with E-state index in [1.807, 2.05) is 0 Å². The number of hydrogen-bond donors (Lipinski definition) is 1. The van der Waals surface area contributed by atoms with Crippen LogP contribution in [0.1, 0.15) is 12.8 Å². The third-order valence-electron chi connectivity index (χ3n) is 2.21. The third kappa shape index (κ3) is 4.69. The minimum atomic E-state index is -0.329. The minimum Gasteiger partial charge on any atom is -0.500 e. The molecule has 3 atom stereocenters. The van der Waals surface area contributed by atoms with Crippen LogP contribution >= 0.6 is 11.6 Å². The summed E-state index contributed by atoms with van der Waals surface area (Å²) in [6.45, 7) is 4.14. The molecule has 0 bridgehead atoms. The van der Waals surface area contributed by atoms with Crippen molar-refractivity contribution in [3.05, 3.63) is 25.0 Å². The Morgan fingerprint density at radius 2 is 2.20 bits per heavy atom. The number of aliphatic hydroxyl groups excluding tert-OH is 1. The summed E-state index contributed by atoms with van der Waals surface area (Å²) in [5.74, 6) is 0.466. The van der Waals surface area contributed by atoms with Crippen LogP contribution in [-0.4, -0.2) is 35.9 Å². The highest BCUT2D eigenvalue weighted by Gasteiger charge is 2.24. The van der Waals surface area contributed by atoms with E-state index in [1.165, 1.54) is 0 Å². The van der Waals surface area contributed by atoms with Gasteiger partial charge >= 0.3 is 0 Å². The van der Waals surface area contributed by atoms with Gasteiger partial charge in [-0.05, 0) is 6.08 Å². The van der Waals surface area contributed by atoms with Gasteiger partial charge in [0.2, 0.25) is 0 Å². The molecule has 1 fully saturated rings. The van der Waals surface area contributed by atoms with Crippen LogP contribution < -0.4 is 0 Å². The Bertz CT molecular complexity index is 218. The van der Waals surface area contributed by atoms with Crippen molar-refractivity contribution >= 4 is 11.6 Å². The lowest BCUT2D eigenvalue weighted by molar-refractivity contribution is -0.0555. The van der Waals surface area contributed by atoms with Gasteiger partial charge in [0.1, 0.15) is 6.61 Å². The van der Waals surface area contributed by atoms with Crippen molar-refractivity contribution in [2.24, 2.45) is 0 Å². The zero-order chi connectivity index (χ0) is 11.1. The van der Waals surface area contributed by atoms with E-state index in [9.17, 15) is 5.11 Å². The number of alkyl halides is 1. The Labute approximate surface area is 95.3 Å². The molecule has 1 heterocycles. The Morgan fingerprint density at radius 1 is 1.47 bits per heavy atom. The Hall–Kier alpha value is -0.510. The molecule has 0 saturated carbocycles. The number of hydrogen-bond acceptors (Lipinski definition) is 3. The molecule has 0 aromatic rings. The van der Waals surface area contributed by atoms with Crippen LogP contribution in [0, 0.1) is 0 Å². The van der Waals surface area contributed by atoms with Gasteiger partial charge in [-0.2, -0.15) is 0 Å². The summed E-state index contributed by atoms with van der Waals surface area (Å²) < 4.78 is 10.7. The molecule has 0 aliphatic carbocycles. The van der Waals surface area contributed by atoms with E-state index in [0.29, 0.717) is 25.3 Å². The second-order valence-corrected chi connectivity index (χ2v) is 3.84. The standard InChI is InChI=1S/C11H17ClO3/c1-2-10-7-9(13)8-11(15-10)3-5-14-6-4-12/h2-3,5,9-11,13H,1,4,6-8H2/b5-3-/t9-,10+,11-/m0/s1. The Kier molecular flexibility index (Phi) is 5.76. The van der Waals surface area contributed by atoms with Gasteiger partial charge in [0.25, 0.3) is 0 Å². The van der Waals surface area contributed by atoms with Crippen LogP contribution in [0.3, 0.4) is 0 Å². The molecule has 1 N–H and O–H groups in total. The second kappa shape index (κ2) is 6.88. The molecule has 3 nitrogen and oxygen atoms in total. The van der Waals surface area contributed by atoms with E-state index in [0.717, 1.165) is 0 Å². The first-order valence-electron chi connectivity index (χ1n) is 5.06. The van der Waals surface area contributed by atoms with E-state index in [4.69, 9.17) is 21.1 Å². The highest BCUT2D eigenvalue weighted by molar-refractivity contribution is 6.17. The first-order valence-corrected chi connectivity index (χ1v) is 5.60. The fraction of sp³-hybridized carbons (Fsp3) is 0.636. The smallest absolute Gasteiger partial charge is 0.101 e. The van der Waals surface area contributed by atoms with E-state index in [2.05, 4.69) is 6.58 Å². The lowest BCUT2D eigenvalue weighted by atomic mass is 10.0. The maximum absolute atomic E-state index is 9.56. The Balaban J connectivity index is 2.33. The first kappa shape index (κ1) is 12.6. The molecule has 1 saturated heterocycles. The summed E-state index contributed by atoms with van der Waals surface area (Å²) in [5, 5.41) is 9.56. The predicted octanol–water partition coefficient (Wildman–Crippen LogP) is 1.85. The monoisotopic (exact) mass is 232 g/mol. The molecule has 15 heavy (non-hydrogen) atoms. The molecule has 0 radical (unpaired) electrons. The third-order valence-corrected chi connectivity index (χ3v) is 2.36. The van der Waals surface area contributed by atoms with Crippen molar-refractivity contribution in [3.8, 4) is 0 Å². The van der Waals surface area contributed by atoms with Crippen molar-refractivity contribution in [2.45, 2.75) is 31.2 Å². The number of rotatable bonds is 5. The van der Waals surface area contributed by atoms with Crippen molar-refractivity contribution in [1.29, 1.82) is 0 Å². The lowest BCUT2D eigenvalue weighted by Gasteiger charge is -2.29. The SMILES string of the molecule is C=C[C@@H]1C[C@H](O)C[C@H](/C=C\OCCCl)O1. The van der Waals surface area contributed by atoms with Crippen LogP contribution in [0.25, 0.3) is 0 Å². The summed E-state index contributed by atoms with van der Waals surface area (Å²) >= 11 is 5.45. The van der Waals surface area contributed by atoms with Gasteiger partial charge in [0.05, 0.1) is 30.5 Å². The van der Waals surface area contributed by atoms with Crippen molar-refractivity contribution in [3.63, 3.8) is 0 Å². The summed E-state index contributed by atoms with van der Waals surface area (Å²) in [5.41, 5.74) is 0. The van der Waals surface area contributed by atoms with Crippen molar-refractivity contribution in [1.82, 2.24) is 0 Å². The summed E-state index contributed by atoms with van der Waals surface area (Å²) in [7, 11) is 0. The zero-order valence-corrected chi connectivity index (χ0v) is 9.40. The number of ether oxygens (including phenoxy) is 2. The number of aliphatic hydroxyl groups is 1. The molecule has 4 heteroatoms. The second-order valence-electron chi connectivity index (χ2n) is 3.46. The molecule has 0 spiro atoms. The topological polar surface area (TPSA) is 38.7 Å². The van der Waals surface area contributed by atoms with Gasteiger partial charge in [0, 0.05) is 12.8 Å². The largest absolute Gasteiger partial charge is 0.500 e. The molecule has 1 aliphatic heterocycles. The maximum atomic E-state index is 9.56. The molecule has 0 aromatic heterocycles. The lowest BCUT2D eigenvalue weighted by Crippen LogP contribution is -2.33. The predicted molar refractivity (Wildman–Crippen MR) is 59.9 cm³/mol. The first-order chi connectivity index (χ1) is 7.26. The molecular weight excluding hydrogens is 216 g/mol. The van der Waals surface area contributed by atoms with E-state index in [1.54, 1.807) is 18.4 Å². The molecular formula is C11H17ClO3. The van der Waals surface area contributed by atoms with Gasteiger partial charge in [-0.15, -0.1) is 18.2 Å². The fourth-order valence-corrected chi connectivity index (χ4v) is 1.59. The van der Waals surface area contributed by atoms with E-state index in [-0.39, 0.29) is 18.3 Å². The van der Waals surface area contributed by atoms with Gasteiger partial charge in [-0.25, -0.2) is 0 Å². The van der Waals surface area contributed by atoms with Gasteiger partial charge < -0.3 is 14.6 Å². The van der Waals surface area contributed by atoms with Crippen LogP contribution in [0.5, 0.6) is 0 Å². The summed E-state index contributed by atoms with van der Waals surface area (Å²) in [6, 6.07) is 0. The molecule has 0 aromatic carbocycles. The molecule has 1 rings (SSSR count). The summed E-state index contributed by atoms with van der Waals surface area (Å²) in [4.78, 5) is 0. The molecule has 0 unspecified atom stereocenters. The van der Waals surface area contributed by atoms with Crippen LogP contribution in [0.15, 0.2) is 25.0 Å². The highest BCUT2D eigenvalue weighted by atomic mass is 35.5. The average molecular weight is 233 g/mol. The quantitative estimate of drug-likeness (QED) is 0.340. The highest BCUT2D eigenvalue weighted by Crippen LogP contribution is 2.20. The fourth-order valence-electron chi connectivity index (χ4n) is 1.50. The molecule has 0 amide bonds. The van der Waals surface area contributed by atoms with Crippen LogP contribution in [0.4, 0.5) is 0 Å². The number of halogens is 1. The van der Waals surface area contributed by atoms with Crippen molar-refractivity contribution in [2.75, 3.05) is 12.5 Å². The van der Waals surface area contributed by atoms with E-state index < -0.39 is 0 Å².